The number of nitriles is 1. The minimum absolute atomic E-state index is 0.0504. The van der Waals surface area contributed by atoms with E-state index in [1.54, 1.807) is 5.57 Å². The summed E-state index contributed by atoms with van der Waals surface area (Å²) in [4.78, 5) is 8.85. The minimum atomic E-state index is 0.0504. The fraction of sp³-hybridized carbons (Fsp3) is 0.520. The summed E-state index contributed by atoms with van der Waals surface area (Å²) in [5.41, 5.74) is 3.30. The fourth-order valence-corrected chi connectivity index (χ4v) is 6.47. The van der Waals surface area contributed by atoms with Gasteiger partial charge in [-0.1, -0.05) is 11.6 Å². The predicted octanol–water partition coefficient (Wildman–Crippen LogP) is 5.76. The topological polar surface area (TPSA) is 49.1 Å². The summed E-state index contributed by atoms with van der Waals surface area (Å²) in [7, 11) is 0. The average Bonchev–Trinajstić information content (AvgIpc) is 3.34. The van der Waals surface area contributed by atoms with Crippen molar-refractivity contribution in [1.82, 2.24) is 9.88 Å². The second kappa shape index (κ2) is 8.17. The second-order valence-corrected chi connectivity index (χ2v) is 10.1. The van der Waals surface area contributed by atoms with Crippen molar-refractivity contribution in [1.29, 1.82) is 5.26 Å². The molecular formula is C25H29N3OS. The van der Waals surface area contributed by atoms with Crippen LogP contribution in [0.15, 0.2) is 36.0 Å². The molecule has 1 saturated carbocycles. The van der Waals surface area contributed by atoms with E-state index in [1.165, 1.54) is 50.1 Å². The van der Waals surface area contributed by atoms with Gasteiger partial charge in [0.1, 0.15) is 16.8 Å². The molecule has 5 heteroatoms. The van der Waals surface area contributed by atoms with Gasteiger partial charge in [-0.25, -0.2) is 4.98 Å². The Morgan fingerprint density at radius 2 is 2.07 bits per heavy atom. The van der Waals surface area contributed by atoms with E-state index in [1.807, 2.05) is 43.4 Å². The number of ether oxygens (including phenoxy) is 1. The van der Waals surface area contributed by atoms with Crippen molar-refractivity contribution < 1.29 is 4.74 Å². The van der Waals surface area contributed by atoms with Crippen molar-refractivity contribution in [2.24, 2.45) is 5.92 Å². The number of rotatable bonds is 5. The smallest absolute Gasteiger partial charge is 0.137 e. The van der Waals surface area contributed by atoms with Gasteiger partial charge in [0, 0.05) is 28.6 Å². The molecule has 0 N–H and O–H groups in total. The second-order valence-electron chi connectivity index (χ2n) is 9.03. The van der Waals surface area contributed by atoms with E-state index >= 15 is 0 Å². The van der Waals surface area contributed by atoms with Crippen LogP contribution in [0.25, 0.3) is 10.6 Å². The summed E-state index contributed by atoms with van der Waals surface area (Å²) in [6.07, 6.45) is 11.1. The van der Waals surface area contributed by atoms with Crippen molar-refractivity contribution in [2.75, 3.05) is 13.1 Å². The van der Waals surface area contributed by atoms with Crippen molar-refractivity contribution in [3.05, 3.63) is 46.5 Å². The molecule has 1 aromatic heterocycles. The summed E-state index contributed by atoms with van der Waals surface area (Å²) in [6, 6.07) is 8.83. The molecule has 2 fully saturated rings. The lowest BCUT2D eigenvalue weighted by atomic mass is 9.78. The van der Waals surface area contributed by atoms with Gasteiger partial charge in [0.15, 0.2) is 0 Å². The van der Waals surface area contributed by atoms with Crippen LogP contribution in [-0.2, 0) is 0 Å². The molecule has 5 rings (SSSR count). The molecule has 0 amide bonds. The number of fused-ring (bicyclic) bond motifs is 1. The number of thiazole rings is 1. The Balaban J connectivity index is 1.37. The third-order valence-corrected chi connectivity index (χ3v) is 8.02. The molecule has 30 heavy (non-hydrogen) atoms. The molecule has 2 heterocycles. The summed E-state index contributed by atoms with van der Waals surface area (Å²) < 4.78 is 5.77. The molecule has 0 radical (unpaired) electrons. The normalized spacial score (nSPS) is 26.1. The van der Waals surface area contributed by atoms with Crippen molar-refractivity contribution in [2.45, 2.75) is 64.0 Å². The number of nitrogens with zero attached hydrogens (tertiary/aromatic N) is 3. The van der Waals surface area contributed by atoms with Crippen molar-refractivity contribution in [3.63, 3.8) is 0 Å². The number of benzene rings is 1. The first-order valence-corrected chi connectivity index (χ1v) is 12.1. The molecular weight excluding hydrogens is 390 g/mol. The summed E-state index contributed by atoms with van der Waals surface area (Å²) >= 11 is 1.81. The number of likely N-dealkylation sites (tertiary alicyclic amines) is 1. The highest BCUT2D eigenvalue weighted by atomic mass is 32.1. The van der Waals surface area contributed by atoms with Gasteiger partial charge in [-0.15, -0.1) is 11.3 Å². The third kappa shape index (κ3) is 3.57. The third-order valence-electron chi connectivity index (χ3n) is 6.84. The number of aromatic nitrogens is 1. The molecule has 3 aliphatic rings. The van der Waals surface area contributed by atoms with Crippen LogP contribution in [0.1, 0.15) is 62.3 Å². The standard InChI is InChI=1S/C25H29N3OS/c1-16(2)29-23-10-7-17(13-18(23)14-26)25-27-15-24(30-25)21-6-3-5-20-19(21)8-9-22(20)28-11-4-12-28/h5,7,10,13,15-16,19,21-22H,3-4,6,8-9,11-12H2,1-2H3. The zero-order valence-corrected chi connectivity index (χ0v) is 18.6. The van der Waals surface area contributed by atoms with Crippen LogP contribution in [0.5, 0.6) is 5.75 Å². The van der Waals surface area contributed by atoms with Crippen LogP contribution < -0.4 is 4.74 Å². The molecule has 1 saturated heterocycles. The lowest BCUT2D eigenvalue weighted by Gasteiger charge is -2.39. The lowest BCUT2D eigenvalue weighted by molar-refractivity contribution is 0.139. The van der Waals surface area contributed by atoms with Gasteiger partial charge in [-0.3, -0.25) is 4.90 Å². The monoisotopic (exact) mass is 419 g/mol. The molecule has 2 aliphatic carbocycles. The molecule has 0 bridgehead atoms. The Kier molecular flexibility index (Phi) is 5.39. The quantitative estimate of drug-likeness (QED) is 0.578. The van der Waals surface area contributed by atoms with Gasteiger partial charge < -0.3 is 4.74 Å². The molecule has 3 unspecified atom stereocenters. The fourth-order valence-electron chi connectivity index (χ4n) is 5.35. The Bertz CT molecular complexity index is 998. The molecule has 1 aromatic carbocycles. The molecule has 156 valence electrons. The van der Waals surface area contributed by atoms with E-state index in [0.717, 1.165) is 10.6 Å². The molecule has 2 aromatic rings. The highest BCUT2D eigenvalue weighted by Gasteiger charge is 2.41. The largest absolute Gasteiger partial charge is 0.490 e. The maximum atomic E-state index is 9.55. The molecule has 0 spiro atoms. The van der Waals surface area contributed by atoms with Gasteiger partial charge in [0.05, 0.1) is 11.7 Å². The Morgan fingerprint density at radius 3 is 2.80 bits per heavy atom. The Hall–Kier alpha value is -2.16. The van der Waals surface area contributed by atoms with Gasteiger partial charge in [0.25, 0.3) is 0 Å². The molecule has 1 aliphatic heterocycles. The van der Waals surface area contributed by atoms with Crippen LogP contribution in [0.3, 0.4) is 0 Å². The lowest BCUT2D eigenvalue weighted by Crippen LogP contribution is -2.45. The maximum Gasteiger partial charge on any atom is 0.137 e. The zero-order valence-electron chi connectivity index (χ0n) is 17.8. The molecule has 3 atom stereocenters. The van der Waals surface area contributed by atoms with Crippen molar-refractivity contribution in [3.8, 4) is 22.4 Å². The van der Waals surface area contributed by atoms with Crippen LogP contribution in [0.2, 0.25) is 0 Å². The van der Waals surface area contributed by atoms with E-state index < -0.39 is 0 Å². The molecule has 4 nitrogen and oxygen atoms in total. The SMILES string of the molecule is CC(C)Oc1ccc(-c2ncc(C3CCC=C4C3CCC4N3CCC3)s2)cc1C#N. The Morgan fingerprint density at radius 1 is 1.20 bits per heavy atom. The van der Waals surface area contributed by atoms with Crippen LogP contribution >= 0.6 is 11.3 Å². The van der Waals surface area contributed by atoms with E-state index in [4.69, 9.17) is 9.72 Å². The summed E-state index contributed by atoms with van der Waals surface area (Å²) in [5.74, 6) is 1.94. The van der Waals surface area contributed by atoms with E-state index in [0.29, 0.717) is 29.2 Å². The van der Waals surface area contributed by atoms with E-state index in [2.05, 4.69) is 23.2 Å². The maximum absolute atomic E-state index is 9.55. The summed E-state index contributed by atoms with van der Waals surface area (Å²) in [6.45, 7) is 6.51. The first-order chi connectivity index (χ1) is 14.6. The number of hydrogen-bond donors (Lipinski definition) is 0. The van der Waals surface area contributed by atoms with Crippen LogP contribution in [-0.4, -0.2) is 35.1 Å². The van der Waals surface area contributed by atoms with Crippen LogP contribution in [0, 0.1) is 17.2 Å². The van der Waals surface area contributed by atoms with E-state index in [9.17, 15) is 5.26 Å². The van der Waals surface area contributed by atoms with Gasteiger partial charge in [-0.05, 0) is 83.2 Å². The first kappa shape index (κ1) is 19.8. The first-order valence-electron chi connectivity index (χ1n) is 11.2. The van der Waals surface area contributed by atoms with E-state index in [-0.39, 0.29) is 6.10 Å². The van der Waals surface area contributed by atoms with Gasteiger partial charge >= 0.3 is 0 Å². The zero-order chi connectivity index (χ0) is 20.7. The predicted molar refractivity (Wildman–Crippen MR) is 121 cm³/mol. The average molecular weight is 420 g/mol. The highest BCUT2D eigenvalue weighted by Crippen LogP contribution is 2.50. The summed E-state index contributed by atoms with van der Waals surface area (Å²) in [5, 5.41) is 10.6. The Labute approximate surface area is 183 Å². The van der Waals surface area contributed by atoms with Gasteiger partial charge in [-0.2, -0.15) is 5.26 Å². The van der Waals surface area contributed by atoms with Crippen molar-refractivity contribution >= 4 is 11.3 Å². The number of allylic oxidation sites excluding steroid dienone is 1. The highest BCUT2D eigenvalue weighted by molar-refractivity contribution is 7.15. The number of hydrogen-bond acceptors (Lipinski definition) is 5. The minimum Gasteiger partial charge on any atom is -0.490 e. The van der Waals surface area contributed by atoms with Gasteiger partial charge in [0.2, 0.25) is 0 Å². The van der Waals surface area contributed by atoms with Crippen LogP contribution in [0.4, 0.5) is 0 Å².